The van der Waals surface area contributed by atoms with Gasteiger partial charge in [0.1, 0.15) is 11.8 Å². The number of amides is 1. The molecule has 0 aliphatic carbocycles. The number of aliphatic carboxylic acids is 1. The van der Waals surface area contributed by atoms with E-state index in [-0.39, 0.29) is 10.5 Å². The van der Waals surface area contributed by atoms with Gasteiger partial charge in [0.15, 0.2) is 0 Å². The SMILES string of the molecule is CN([C@@H](CNC(=O)c1cc(=O)n2cc(OCCCN)ccc2c1)C(=O)O)S(=O)(=O)c1ccccc1. The third kappa shape index (κ3) is 6.04. The normalized spacial score (nSPS) is 12.4. The van der Waals surface area contributed by atoms with Crippen LogP contribution in [0.15, 0.2) is 70.5 Å². The van der Waals surface area contributed by atoms with Gasteiger partial charge >= 0.3 is 5.97 Å². The van der Waals surface area contributed by atoms with Gasteiger partial charge in [-0.2, -0.15) is 4.31 Å². The second-order valence-electron chi connectivity index (χ2n) is 7.63. The first-order chi connectivity index (χ1) is 16.6. The number of rotatable bonds is 11. The summed E-state index contributed by atoms with van der Waals surface area (Å²) in [5.74, 6) is -1.69. The number of carboxylic acid groups (broad SMARTS) is 1. The first-order valence-corrected chi connectivity index (χ1v) is 12.1. The van der Waals surface area contributed by atoms with Gasteiger partial charge in [0.25, 0.3) is 11.5 Å². The van der Waals surface area contributed by atoms with E-state index in [1.165, 1.54) is 40.9 Å². The quantitative estimate of drug-likeness (QED) is 0.320. The number of pyridine rings is 2. The molecule has 0 radical (unpaired) electrons. The molecule has 2 heterocycles. The summed E-state index contributed by atoms with van der Waals surface area (Å²) in [6, 6.07) is 11.6. The van der Waals surface area contributed by atoms with E-state index >= 15 is 0 Å². The Balaban J connectivity index is 1.76. The lowest BCUT2D eigenvalue weighted by Gasteiger charge is -2.24. The number of ether oxygens (including phenoxy) is 1. The van der Waals surface area contributed by atoms with Crippen LogP contribution in [0.4, 0.5) is 0 Å². The Morgan fingerprint density at radius 1 is 1.17 bits per heavy atom. The number of fused-ring (bicyclic) bond motifs is 1. The summed E-state index contributed by atoms with van der Waals surface area (Å²) in [5, 5.41) is 12.0. The zero-order valence-corrected chi connectivity index (χ0v) is 19.8. The van der Waals surface area contributed by atoms with E-state index in [9.17, 15) is 27.9 Å². The summed E-state index contributed by atoms with van der Waals surface area (Å²) in [4.78, 5) is 37.0. The zero-order valence-electron chi connectivity index (χ0n) is 19.0. The van der Waals surface area contributed by atoms with Crippen molar-refractivity contribution in [2.45, 2.75) is 17.4 Å². The first-order valence-electron chi connectivity index (χ1n) is 10.7. The number of sulfonamides is 1. The smallest absolute Gasteiger partial charge is 0.323 e. The molecule has 0 spiro atoms. The van der Waals surface area contributed by atoms with Gasteiger partial charge < -0.3 is 20.9 Å². The fourth-order valence-electron chi connectivity index (χ4n) is 3.28. The lowest BCUT2D eigenvalue weighted by Crippen LogP contribution is -2.49. The molecule has 0 aliphatic heterocycles. The van der Waals surface area contributed by atoms with Crippen molar-refractivity contribution in [3.63, 3.8) is 0 Å². The molecular formula is C23H26N4O7S. The van der Waals surface area contributed by atoms with Crippen LogP contribution in [0, 0.1) is 0 Å². The molecule has 4 N–H and O–H groups in total. The predicted octanol–water partition coefficient (Wildman–Crippen LogP) is 0.531. The highest BCUT2D eigenvalue weighted by atomic mass is 32.2. The maximum atomic E-state index is 12.8. The first kappa shape index (κ1) is 25.9. The molecule has 0 aliphatic rings. The number of benzene rings is 1. The molecule has 186 valence electrons. The number of carboxylic acids is 1. The monoisotopic (exact) mass is 502 g/mol. The van der Waals surface area contributed by atoms with E-state index in [0.717, 1.165) is 13.1 Å². The number of carbonyl (C=O) groups is 2. The van der Waals surface area contributed by atoms with E-state index < -0.39 is 40.0 Å². The second kappa shape index (κ2) is 11.1. The van der Waals surface area contributed by atoms with Crippen molar-refractivity contribution >= 4 is 27.4 Å². The molecule has 1 amide bonds. The highest BCUT2D eigenvalue weighted by Gasteiger charge is 2.33. The average molecular weight is 503 g/mol. The Labute approximate surface area is 201 Å². The number of hydrogen-bond acceptors (Lipinski definition) is 7. The third-order valence-electron chi connectivity index (χ3n) is 5.25. The van der Waals surface area contributed by atoms with Crippen molar-refractivity contribution in [3.05, 3.63) is 76.7 Å². The molecule has 0 bridgehead atoms. The van der Waals surface area contributed by atoms with Crippen LogP contribution in [0.1, 0.15) is 16.8 Å². The fourth-order valence-corrected chi connectivity index (χ4v) is 4.62. The number of carbonyl (C=O) groups excluding carboxylic acids is 1. The standard InChI is InChI=1S/C23H26N4O7S/c1-26(35(32,33)19-6-3-2-4-7-19)20(23(30)31)14-25-22(29)16-12-17-8-9-18(34-11-5-10-24)15-27(17)21(28)13-16/h2-4,6-9,12-13,15,20H,5,10-11,14,24H2,1H3,(H,25,29)(H,30,31)/t20-/m0/s1. The fraction of sp³-hybridized carbons (Fsp3) is 0.261. The Kier molecular flexibility index (Phi) is 8.22. The van der Waals surface area contributed by atoms with Crippen LogP contribution in [0.3, 0.4) is 0 Å². The minimum absolute atomic E-state index is 0.00417. The van der Waals surface area contributed by atoms with Gasteiger partial charge in [0.2, 0.25) is 10.0 Å². The van der Waals surface area contributed by atoms with E-state index in [0.29, 0.717) is 35.1 Å². The van der Waals surface area contributed by atoms with Crippen LogP contribution >= 0.6 is 0 Å². The number of hydrogen-bond donors (Lipinski definition) is 3. The predicted molar refractivity (Wildman–Crippen MR) is 128 cm³/mol. The molecule has 0 saturated carbocycles. The average Bonchev–Trinajstić information content (AvgIpc) is 2.84. The second-order valence-corrected chi connectivity index (χ2v) is 9.63. The minimum Gasteiger partial charge on any atom is -0.492 e. The number of nitrogens with two attached hydrogens (primary N) is 1. The van der Waals surface area contributed by atoms with Crippen molar-refractivity contribution in [2.24, 2.45) is 5.73 Å². The van der Waals surface area contributed by atoms with Crippen LogP contribution < -0.4 is 21.3 Å². The summed E-state index contributed by atoms with van der Waals surface area (Å²) in [6.07, 6.45) is 2.16. The van der Waals surface area contributed by atoms with Crippen LogP contribution in [0.2, 0.25) is 0 Å². The van der Waals surface area contributed by atoms with Crippen molar-refractivity contribution in [1.29, 1.82) is 0 Å². The Morgan fingerprint density at radius 3 is 2.54 bits per heavy atom. The molecule has 12 heteroatoms. The number of nitrogens with zero attached hydrogens (tertiary/aromatic N) is 2. The van der Waals surface area contributed by atoms with Crippen LogP contribution in [-0.2, 0) is 14.8 Å². The summed E-state index contributed by atoms with van der Waals surface area (Å²) >= 11 is 0. The largest absolute Gasteiger partial charge is 0.492 e. The lowest BCUT2D eigenvalue weighted by molar-refractivity contribution is -0.140. The van der Waals surface area contributed by atoms with Gasteiger partial charge in [-0.1, -0.05) is 18.2 Å². The number of nitrogens with one attached hydrogen (secondary N) is 1. The zero-order chi connectivity index (χ0) is 25.6. The van der Waals surface area contributed by atoms with Gasteiger partial charge in [-0.15, -0.1) is 0 Å². The molecule has 2 aromatic heterocycles. The molecule has 0 fully saturated rings. The van der Waals surface area contributed by atoms with Crippen molar-refractivity contribution in [1.82, 2.24) is 14.0 Å². The van der Waals surface area contributed by atoms with E-state index in [1.807, 2.05) is 0 Å². The number of aromatic nitrogens is 1. The van der Waals surface area contributed by atoms with E-state index in [4.69, 9.17) is 10.5 Å². The topological polar surface area (TPSA) is 161 Å². The summed E-state index contributed by atoms with van der Waals surface area (Å²) in [7, 11) is -2.99. The van der Waals surface area contributed by atoms with Gasteiger partial charge in [-0.3, -0.25) is 18.8 Å². The molecule has 3 rings (SSSR count). The van der Waals surface area contributed by atoms with Crippen LogP contribution in [-0.4, -0.2) is 66.9 Å². The summed E-state index contributed by atoms with van der Waals surface area (Å²) in [6.45, 7) is 0.364. The molecule has 1 atom stereocenters. The highest BCUT2D eigenvalue weighted by Crippen LogP contribution is 2.17. The van der Waals surface area contributed by atoms with E-state index in [2.05, 4.69) is 5.32 Å². The maximum absolute atomic E-state index is 12.8. The molecule has 3 aromatic rings. The maximum Gasteiger partial charge on any atom is 0.323 e. The summed E-state index contributed by atoms with van der Waals surface area (Å²) < 4.78 is 33.1. The van der Waals surface area contributed by atoms with Crippen LogP contribution in [0.5, 0.6) is 5.75 Å². The molecule has 1 aromatic carbocycles. The van der Waals surface area contributed by atoms with E-state index in [1.54, 1.807) is 18.2 Å². The minimum atomic E-state index is -4.11. The molecule has 0 saturated heterocycles. The van der Waals surface area contributed by atoms with Gasteiger partial charge in [-0.05, 0) is 43.3 Å². The Bertz CT molecular complexity index is 1370. The van der Waals surface area contributed by atoms with Gasteiger partial charge in [-0.25, -0.2) is 8.42 Å². The van der Waals surface area contributed by atoms with Crippen molar-refractivity contribution < 1.29 is 27.9 Å². The van der Waals surface area contributed by atoms with Gasteiger partial charge in [0, 0.05) is 30.7 Å². The van der Waals surface area contributed by atoms with Gasteiger partial charge in [0.05, 0.1) is 17.7 Å². The lowest BCUT2D eigenvalue weighted by atomic mass is 10.2. The summed E-state index contributed by atoms with van der Waals surface area (Å²) in [5.41, 5.74) is 5.38. The highest BCUT2D eigenvalue weighted by molar-refractivity contribution is 7.89. The molecule has 35 heavy (non-hydrogen) atoms. The Morgan fingerprint density at radius 2 is 1.89 bits per heavy atom. The van der Waals surface area contributed by atoms with Crippen LogP contribution in [0.25, 0.3) is 5.52 Å². The van der Waals surface area contributed by atoms with Crippen molar-refractivity contribution in [2.75, 3.05) is 26.7 Å². The van der Waals surface area contributed by atoms with Crippen molar-refractivity contribution in [3.8, 4) is 5.75 Å². The molecule has 11 nitrogen and oxygen atoms in total. The number of likely N-dealkylation sites (N-methyl/N-ethyl adjacent to an activating group) is 1. The molecule has 0 unspecified atom stereocenters. The Hall–Kier alpha value is -3.74. The molecular weight excluding hydrogens is 476 g/mol. The third-order valence-corrected chi connectivity index (χ3v) is 7.13.